The number of ether oxygens (including phenoxy) is 1. The standard InChI is InChI=1S/C15H18N2O3/c1-17-9-11(7-14(17)18)15(19)16-8-12-6-10-4-2-3-5-13(10)20-12/h2-5,11-12H,6-9H2,1H3,(H,16,19)/t11-,12-/m0/s1. The van der Waals surface area contributed by atoms with Crippen molar-refractivity contribution in [3.63, 3.8) is 0 Å². The summed E-state index contributed by atoms with van der Waals surface area (Å²) in [4.78, 5) is 25.0. The van der Waals surface area contributed by atoms with Crippen molar-refractivity contribution in [3.8, 4) is 5.75 Å². The summed E-state index contributed by atoms with van der Waals surface area (Å²) < 4.78 is 5.77. The molecule has 2 amide bonds. The average molecular weight is 274 g/mol. The first-order valence-corrected chi connectivity index (χ1v) is 6.89. The van der Waals surface area contributed by atoms with E-state index >= 15 is 0 Å². The van der Waals surface area contributed by atoms with Gasteiger partial charge in [-0.15, -0.1) is 0 Å². The van der Waals surface area contributed by atoms with Crippen LogP contribution in [-0.2, 0) is 16.0 Å². The molecule has 0 aliphatic carbocycles. The number of hydrogen-bond acceptors (Lipinski definition) is 3. The van der Waals surface area contributed by atoms with Gasteiger partial charge in [0.25, 0.3) is 0 Å². The molecule has 1 aromatic carbocycles. The molecule has 1 fully saturated rings. The van der Waals surface area contributed by atoms with E-state index in [1.54, 1.807) is 11.9 Å². The van der Waals surface area contributed by atoms with Gasteiger partial charge in [-0.3, -0.25) is 9.59 Å². The highest BCUT2D eigenvalue weighted by molar-refractivity contribution is 5.89. The van der Waals surface area contributed by atoms with Crippen molar-refractivity contribution in [1.82, 2.24) is 10.2 Å². The third kappa shape index (κ3) is 2.48. The fourth-order valence-corrected chi connectivity index (χ4v) is 2.77. The zero-order valence-electron chi connectivity index (χ0n) is 11.5. The minimum atomic E-state index is -0.226. The van der Waals surface area contributed by atoms with Gasteiger partial charge in [0.15, 0.2) is 0 Å². The third-order valence-electron chi connectivity index (χ3n) is 3.93. The molecule has 1 aromatic rings. The van der Waals surface area contributed by atoms with Crippen molar-refractivity contribution in [1.29, 1.82) is 0 Å². The highest BCUT2D eigenvalue weighted by Crippen LogP contribution is 2.27. The van der Waals surface area contributed by atoms with E-state index in [1.807, 2.05) is 24.3 Å². The molecule has 0 aromatic heterocycles. The van der Waals surface area contributed by atoms with Crippen LogP contribution in [0.2, 0.25) is 0 Å². The minimum Gasteiger partial charge on any atom is -0.488 e. The van der Waals surface area contributed by atoms with Gasteiger partial charge >= 0.3 is 0 Å². The van der Waals surface area contributed by atoms with Crippen LogP contribution in [0.15, 0.2) is 24.3 Å². The summed E-state index contributed by atoms with van der Waals surface area (Å²) in [5.74, 6) is 0.663. The molecule has 2 atom stereocenters. The first-order chi connectivity index (χ1) is 9.63. The molecule has 2 heterocycles. The van der Waals surface area contributed by atoms with Crippen molar-refractivity contribution in [3.05, 3.63) is 29.8 Å². The van der Waals surface area contributed by atoms with Gasteiger partial charge in [-0.1, -0.05) is 18.2 Å². The van der Waals surface area contributed by atoms with E-state index in [9.17, 15) is 9.59 Å². The molecule has 1 saturated heterocycles. The van der Waals surface area contributed by atoms with Gasteiger partial charge in [0.05, 0.1) is 12.5 Å². The van der Waals surface area contributed by atoms with Crippen molar-refractivity contribution >= 4 is 11.8 Å². The number of nitrogens with one attached hydrogen (secondary N) is 1. The van der Waals surface area contributed by atoms with Gasteiger partial charge in [0.1, 0.15) is 11.9 Å². The summed E-state index contributed by atoms with van der Waals surface area (Å²) in [5.41, 5.74) is 1.18. The van der Waals surface area contributed by atoms with Crippen LogP contribution in [0.4, 0.5) is 0 Å². The first kappa shape index (κ1) is 13.0. The molecule has 0 unspecified atom stereocenters. The van der Waals surface area contributed by atoms with Crippen LogP contribution in [0, 0.1) is 5.92 Å². The van der Waals surface area contributed by atoms with Crippen LogP contribution in [0.5, 0.6) is 5.75 Å². The second kappa shape index (κ2) is 5.15. The van der Waals surface area contributed by atoms with Gasteiger partial charge in [0.2, 0.25) is 11.8 Å². The fraction of sp³-hybridized carbons (Fsp3) is 0.467. The van der Waals surface area contributed by atoms with E-state index in [0.29, 0.717) is 19.5 Å². The van der Waals surface area contributed by atoms with E-state index in [1.165, 1.54) is 5.56 Å². The molecule has 20 heavy (non-hydrogen) atoms. The molecular formula is C15H18N2O3. The SMILES string of the molecule is CN1C[C@@H](C(=O)NC[C@@H]2Cc3ccccc3O2)CC1=O. The Bertz CT molecular complexity index is 519. The number of carbonyl (C=O) groups is 2. The largest absolute Gasteiger partial charge is 0.488 e. The van der Waals surface area contributed by atoms with Crippen molar-refractivity contribution in [2.45, 2.75) is 18.9 Å². The van der Waals surface area contributed by atoms with Crippen molar-refractivity contribution in [2.75, 3.05) is 20.1 Å². The number of carbonyl (C=O) groups excluding carboxylic acids is 2. The maximum absolute atomic E-state index is 12.0. The van der Waals surface area contributed by atoms with Crippen LogP contribution in [0.25, 0.3) is 0 Å². The Morgan fingerprint density at radius 1 is 1.40 bits per heavy atom. The lowest BCUT2D eigenvalue weighted by Crippen LogP contribution is -2.38. The van der Waals surface area contributed by atoms with Crippen LogP contribution in [-0.4, -0.2) is 43.0 Å². The van der Waals surface area contributed by atoms with Gasteiger partial charge in [0, 0.05) is 26.4 Å². The van der Waals surface area contributed by atoms with Crippen LogP contribution < -0.4 is 10.1 Å². The molecule has 0 spiro atoms. The number of likely N-dealkylation sites (tertiary alicyclic amines) is 1. The molecule has 0 saturated carbocycles. The Hall–Kier alpha value is -2.04. The second-order valence-corrected chi connectivity index (χ2v) is 5.47. The van der Waals surface area contributed by atoms with Gasteiger partial charge < -0.3 is 15.0 Å². The maximum Gasteiger partial charge on any atom is 0.225 e. The molecule has 0 radical (unpaired) electrons. The summed E-state index contributed by atoms with van der Waals surface area (Å²) in [5, 5.41) is 2.90. The van der Waals surface area contributed by atoms with Crippen molar-refractivity contribution in [2.24, 2.45) is 5.92 Å². The number of nitrogens with zero attached hydrogens (tertiary/aromatic N) is 1. The molecule has 5 nitrogen and oxygen atoms in total. The molecular weight excluding hydrogens is 256 g/mol. The minimum absolute atomic E-state index is 0.00816. The highest BCUT2D eigenvalue weighted by Gasteiger charge is 2.32. The molecule has 1 N–H and O–H groups in total. The zero-order chi connectivity index (χ0) is 14.1. The average Bonchev–Trinajstić information content (AvgIpc) is 3.00. The van der Waals surface area contributed by atoms with E-state index in [0.717, 1.165) is 12.2 Å². The summed E-state index contributed by atoms with van der Waals surface area (Å²) in [6.07, 6.45) is 1.12. The summed E-state index contributed by atoms with van der Waals surface area (Å²) in [7, 11) is 1.73. The molecule has 5 heteroatoms. The van der Waals surface area contributed by atoms with Crippen LogP contribution in [0.1, 0.15) is 12.0 Å². The van der Waals surface area contributed by atoms with E-state index in [4.69, 9.17) is 4.74 Å². The molecule has 3 rings (SSSR count). The van der Waals surface area contributed by atoms with Crippen LogP contribution in [0.3, 0.4) is 0 Å². The number of amides is 2. The third-order valence-corrected chi connectivity index (χ3v) is 3.93. The van der Waals surface area contributed by atoms with Crippen molar-refractivity contribution < 1.29 is 14.3 Å². The Labute approximate surface area is 117 Å². The Kier molecular flexibility index (Phi) is 3.34. The lowest BCUT2D eigenvalue weighted by Gasteiger charge is -2.14. The molecule has 106 valence electrons. The first-order valence-electron chi connectivity index (χ1n) is 6.89. The topological polar surface area (TPSA) is 58.6 Å². The number of rotatable bonds is 3. The number of benzene rings is 1. The summed E-state index contributed by atoms with van der Waals surface area (Å²) >= 11 is 0. The monoisotopic (exact) mass is 274 g/mol. The number of fused-ring (bicyclic) bond motifs is 1. The quantitative estimate of drug-likeness (QED) is 0.877. The van der Waals surface area contributed by atoms with E-state index in [2.05, 4.69) is 5.32 Å². The van der Waals surface area contributed by atoms with Crippen LogP contribution >= 0.6 is 0 Å². The smallest absolute Gasteiger partial charge is 0.225 e. The second-order valence-electron chi connectivity index (χ2n) is 5.47. The fourth-order valence-electron chi connectivity index (χ4n) is 2.77. The number of hydrogen-bond donors (Lipinski definition) is 1. The van der Waals surface area contributed by atoms with Gasteiger partial charge in [-0.2, -0.15) is 0 Å². The predicted octanol–water partition coefficient (Wildman–Crippen LogP) is 0.585. The van der Waals surface area contributed by atoms with E-state index in [-0.39, 0.29) is 23.8 Å². The number of para-hydroxylation sites is 1. The maximum atomic E-state index is 12.0. The Morgan fingerprint density at radius 2 is 2.20 bits per heavy atom. The Morgan fingerprint density at radius 3 is 2.90 bits per heavy atom. The van der Waals surface area contributed by atoms with Gasteiger partial charge in [-0.25, -0.2) is 0 Å². The summed E-state index contributed by atoms with van der Waals surface area (Å²) in [6, 6.07) is 7.92. The van der Waals surface area contributed by atoms with E-state index < -0.39 is 0 Å². The summed E-state index contributed by atoms with van der Waals surface area (Å²) in [6.45, 7) is 0.998. The zero-order valence-corrected chi connectivity index (χ0v) is 11.5. The highest BCUT2D eigenvalue weighted by atomic mass is 16.5. The lowest BCUT2D eigenvalue weighted by molar-refractivity contribution is -0.128. The molecule has 0 bridgehead atoms. The molecule has 2 aliphatic heterocycles. The van der Waals surface area contributed by atoms with Gasteiger partial charge in [-0.05, 0) is 11.6 Å². The Balaban J connectivity index is 1.49. The molecule has 2 aliphatic rings. The normalized spacial score (nSPS) is 24.4. The predicted molar refractivity (Wildman–Crippen MR) is 73.3 cm³/mol. The lowest BCUT2D eigenvalue weighted by atomic mass is 10.1.